The van der Waals surface area contributed by atoms with Gasteiger partial charge in [-0.1, -0.05) is 0 Å². The molecule has 0 bridgehead atoms. The molecule has 0 aliphatic heterocycles. The molecule has 112 valence electrons. The van der Waals surface area contributed by atoms with E-state index >= 15 is 0 Å². The molecule has 0 radical (unpaired) electrons. The van der Waals surface area contributed by atoms with Crippen LogP contribution in [-0.4, -0.2) is 33.3 Å². The number of carbonyl (C=O) groups is 1. The molecule has 0 saturated carbocycles. The second-order valence-corrected chi connectivity index (χ2v) is 4.23. The Kier molecular flexibility index (Phi) is 4.36. The summed E-state index contributed by atoms with van der Waals surface area (Å²) in [5.74, 6) is -0.914. The van der Waals surface area contributed by atoms with Gasteiger partial charge in [0.05, 0.1) is 4.92 Å². The Hall–Kier alpha value is -2.13. The second kappa shape index (κ2) is 5.47. The van der Waals surface area contributed by atoms with E-state index in [0.29, 0.717) is 0 Å². The minimum absolute atomic E-state index is 0.1000. The lowest BCUT2D eigenvalue weighted by molar-refractivity contribution is -0.386. The molecule has 1 aromatic rings. The van der Waals surface area contributed by atoms with Gasteiger partial charge in [0.25, 0.3) is 0 Å². The van der Waals surface area contributed by atoms with Crippen molar-refractivity contribution in [2.75, 3.05) is 6.54 Å². The zero-order valence-electron chi connectivity index (χ0n) is 11.0. The van der Waals surface area contributed by atoms with Gasteiger partial charge in [0.1, 0.15) is 24.0 Å². The molecule has 7 nitrogen and oxygen atoms in total. The predicted octanol–water partition coefficient (Wildman–Crippen LogP) is 1.65. The van der Waals surface area contributed by atoms with Gasteiger partial charge in [0, 0.05) is 0 Å². The Labute approximate surface area is 111 Å². The summed E-state index contributed by atoms with van der Waals surface area (Å²) >= 11 is 0. The topological polar surface area (TPSA) is 90.1 Å². The van der Waals surface area contributed by atoms with Crippen LogP contribution < -0.4 is 5.32 Å². The lowest BCUT2D eigenvalue weighted by atomic mass is 10.3. The fraction of sp³-hybridized carbons (Fsp3) is 0.600. The predicted molar refractivity (Wildman–Crippen MR) is 62.1 cm³/mol. The van der Waals surface area contributed by atoms with E-state index < -0.39 is 29.6 Å². The average Bonchev–Trinajstić information content (AvgIpc) is 2.59. The summed E-state index contributed by atoms with van der Waals surface area (Å²) in [7, 11) is 0. The fourth-order valence-electron chi connectivity index (χ4n) is 1.74. The molecular weight excluding hydrogens is 281 g/mol. The molecule has 1 aromatic heterocycles. The molecule has 0 aromatic carbocycles. The number of nitrogens with zero attached hydrogens (tertiary/aromatic N) is 3. The van der Waals surface area contributed by atoms with Crippen molar-refractivity contribution in [2.45, 2.75) is 33.0 Å². The van der Waals surface area contributed by atoms with E-state index in [1.54, 1.807) is 5.32 Å². The number of hydrogen-bond donors (Lipinski definition) is 1. The summed E-state index contributed by atoms with van der Waals surface area (Å²) in [5.41, 5.74) is -0.0365. The van der Waals surface area contributed by atoms with Crippen LogP contribution in [0.4, 0.5) is 18.9 Å². The van der Waals surface area contributed by atoms with Gasteiger partial charge in [0.2, 0.25) is 5.91 Å². The number of aromatic nitrogens is 2. The van der Waals surface area contributed by atoms with Crippen LogP contribution in [0.5, 0.6) is 0 Å². The number of hydrogen-bond acceptors (Lipinski definition) is 4. The Bertz CT molecular complexity index is 539. The van der Waals surface area contributed by atoms with Gasteiger partial charge < -0.3 is 5.32 Å². The summed E-state index contributed by atoms with van der Waals surface area (Å²) in [6, 6.07) is -1.08. The number of aryl methyl sites for hydroxylation is 1. The molecule has 0 aliphatic carbocycles. The molecule has 0 aliphatic rings. The van der Waals surface area contributed by atoms with E-state index in [4.69, 9.17) is 0 Å². The minimum Gasteiger partial charge on any atom is -0.345 e. The lowest BCUT2D eigenvalue weighted by Gasteiger charge is -2.15. The van der Waals surface area contributed by atoms with Crippen LogP contribution in [0, 0.1) is 24.0 Å². The quantitative estimate of drug-likeness (QED) is 0.675. The molecule has 1 unspecified atom stereocenters. The third-order valence-corrected chi connectivity index (χ3v) is 2.68. The molecule has 1 heterocycles. The molecule has 0 fully saturated rings. The van der Waals surface area contributed by atoms with Crippen LogP contribution in [0.2, 0.25) is 0 Å². The van der Waals surface area contributed by atoms with Crippen molar-refractivity contribution in [1.82, 2.24) is 15.1 Å². The molecule has 20 heavy (non-hydrogen) atoms. The molecule has 0 saturated heterocycles. The summed E-state index contributed by atoms with van der Waals surface area (Å²) in [6.07, 6.45) is -4.52. The van der Waals surface area contributed by atoms with Gasteiger partial charge in [0.15, 0.2) is 0 Å². The molecule has 1 amide bonds. The number of amides is 1. The summed E-state index contributed by atoms with van der Waals surface area (Å²) in [4.78, 5) is 21.8. The van der Waals surface area contributed by atoms with E-state index in [1.807, 2.05) is 0 Å². The van der Waals surface area contributed by atoms with Crippen molar-refractivity contribution in [3.05, 3.63) is 21.5 Å². The monoisotopic (exact) mass is 294 g/mol. The highest BCUT2D eigenvalue weighted by molar-refractivity contribution is 5.80. The van der Waals surface area contributed by atoms with Crippen molar-refractivity contribution in [2.24, 2.45) is 0 Å². The van der Waals surface area contributed by atoms with Crippen molar-refractivity contribution in [3.8, 4) is 0 Å². The van der Waals surface area contributed by atoms with E-state index in [2.05, 4.69) is 5.10 Å². The Morgan fingerprint density at radius 2 is 2.05 bits per heavy atom. The van der Waals surface area contributed by atoms with Gasteiger partial charge in [-0.25, -0.2) is 0 Å². The Balaban J connectivity index is 2.93. The average molecular weight is 294 g/mol. The molecule has 0 spiro atoms. The van der Waals surface area contributed by atoms with Gasteiger partial charge in [-0.15, -0.1) is 0 Å². The first-order valence-electron chi connectivity index (χ1n) is 5.59. The normalized spacial score (nSPS) is 13.1. The standard InChI is InChI=1S/C10H13F3N4O3/c1-5-8(17(19)20)6(2)16(15-5)7(3)9(18)14-4-10(11,12)13/h7H,4H2,1-3H3,(H,14,18). The third-order valence-electron chi connectivity index (χ3n) is 2.68. The summed E-state index contributed by atoms with van der Waals surface area (Å²) in [6.45, 7) is 2.63. The van der Waals surface area contributed by atoms with Crippen LogP contribution in [0.1, 0.15) is 24.4 Å². The van der Waals surface area contributed by atoms with Crippen molar-refractivity contribution in [3.63, 3.8) is 0 Å². The number of carbonyl (C=O) groups excluding carboxylic acids is 1. The largest absolute Gasteiger partial charge is 0.405 e. The van der Waals surface area contributed by atoms with Gasteiger partial charge in [-0.05, 0) is 20.8 Å². The van der Waals surface area contributed by atoms with Crippen LogP contribution in [0.15, 0.2) is 0 Å². The molecule has 1 atom stereocenters. The first-order valence-corrected chi connectivity index (χ1v) is 5.59. The minimum atomic E-state index is -4.52. The van der Waals surface area contributed by atoms with Crippen molar-refractivity contribution >= 4 is 11.6 Å². The number of alkyl halides is 3. The first-order chi connectivity index (χ1) is 9.04. The zero-order chi connectivity index (χ0) is 15.7. The third kappa shape index (κ3) is 3.45. The number of nitro groups is 1. The van der Waals surface area contributed by atoms with E-state index in [9.17, 15) is 28.1 Å². The maximum absolute atomic E-state index is 12.0. The van der Waals surface area contributed by atoms with Gasteiger partial charge >= 0.3 is 11.9 Å². The highest BCUT2D eigenvalue weighted by Gasteiger charge is 2.31. The molecule has 10 heteroatoms. The van der Waals surface area contributed by atoms with Crippen LogP contribution in [0.25, 0.3) is 0 Å². The van der Waals surface area contributed by atoms with E-state index in [0.717, 1.165) is 4.68 Å². The van der Waals surface area contributed by atoms with Crippen LogP contribution in [0.3, 0.4) is 0 Å². The highest BCUT2D eigenvalue weighted by atomic mass is 19.4. The second-order valence-electron chi connectivity index (χ2n) is 4.23. The smallest absolute Gasteiger partial charge is 0.345 e. The van der Waals surface area contributed by atoms with Gasteiger partial charge in [-0.2, -0.15) is 18.3 Å². The van der Waals surface area contributed by atoms with Crippen LogP contribution in [-0.2, 0) is 4.79 Å². The summed E-state index contributed by atoms with van der Waals surface area (Å²) < 4.78 is 37.1. The fourth-order valence-corrected chi connectivity index (χ4v) is 1.74. The Morgan fingerprint density at radius 1 is 1.50 bits per heavy atom. The van der Waals surface area contributed by atoms with Crippen molar-refractivity contribution in [1.29, 1.82) is 0 Å². The lowest BCUT2D eigenvalue weighted by Crippen LogP contribution is -2.38. The van der Waals surface area contributed by atoms with Crippen molar-refractivity contribution < 1.29 is 22.9 Å². The number of rotatable bonds is 4. The van der Waals surface area contributed by atoms with Gasteiger partial charge in [-0.3, -0.25) is 19.6 Å². The molecule has 1 N–H and O–H groups in total. The molecular formula is C10H13F3N4O3. The Morgan fingerprint density at radius 3 is 2.45 bits per heavy atom. The molecule has 1 rings (SSSR count). The first kappa shape index (κ1) is 15.9. The zero-order valence-corrected chi connectivity index (χ0v) is 11.0. The van der Waals surface area contributed by atoms with E-state index in [-0.39, 0.29) is 17.1 Å². The maximum atomic E-state index is 12.0. The number of nitrogens with one attached hydrogen (secondary N) is 1. The summed E-state index contributed by atoms with van der Waals surface area (Å²) in [5, 5.41) is 16.3. The van der Waals surface area contributed by atoms with E-state index in [1.165, 1.54) is 20.8 Å². The van der Waals surface area contributed by atoms with Crippen LogP contribution >= 0.6 is 0 Å². The highest BCUT2D eigenvalue weighted by Crippen LogP contribution is 2.24. The maximum Gasteiger partial charge on any atom is 0.405 e. The SMILES string of the molecule is Cc1nn(C(C)C(=O)NCC(F)(F)F)c(C)c1[N+](=O)[O-]. The number of halogens is 3.